The van der Waals surface area contributed by atoms with E-state index in [1.54, 1.807) is 12.1 Å². The van der Waals surface area contributed by atoms with Gasteiger partial charge in [-0.3, -0.25) is 0 Å². The molecule has 0 heterocycles. The molecule has 0 saturated heterocycles. The van der Waals surface area contributed by atoms with Crippen LogP contribution in [0.25, 0.3) is 0 Å². The van der Waals surface area contributed by atoms with Gasteiger partial charge in [0.05, 0.1) is 0 Å². The maximum Gasteiger partial charge on any atom is 0.129 e. The molecule has 0 aromatic heterocycles. The minimum Gasteiger partial charge on any atom is -0.396 e. The first kappa shape index (κ1) is 14.6. The Labute approximate surface area is 115 Å². The smallest absolute Gasteiger partial charge is 0.129 e. The second-order valence-electron chi connectivity index (χ2n) is 4.78. The van der Waals surface area contributed by atoms with Gasteiger partial charge in [0.1, 0.15) is 17.5 Å². The third-order valence-electron chi connectivity index (χ3n) is 3.25. The van der Waals surface area contributed by atoms with E-state index in [0.717, 1.165) is 5.56 Å². The fourth-order valence-electron chi connectivity index (χ4n) is 2.17. The molecular formula is C16H15F3O. The molecule has 1 nitrogen and oxygen atoms in total. The first-order valence-corrected chi connectivity index (χ1v) is 6.38. The van der Waals surface area contributed by atoms with Gasteiger partial charge >= 0.3 is 0 Å². The highest BCUT2D eigenvalue weighted by Gasteiger charge is 2.16. The zero-order valence-electron chi connectivity index (χ0n) is 10.8. The van der Waals surface area contributed by atoms with Crippen molar-refractivity contribution in [3.8, 4) is 0 Å². The third-order valence-corrected chi connectivity index (χ3v) is 3.25. The van der Waals surface area contributed by atoms with Gasteiger partial charge in [-0.05, 0) is 48.6 Å². The third kappa shape index (κ3) is 3.61. The zero-order chi connectivity index (χ0) is 14.5. The van der Waals surface area contributed by atoms with Gasteiger partial charge in [0.15, 0.2) is 0 Å². The van der Waals surface area contributed by atoms with Crippen LogP contribution in [-0.4, -0.2) is 11.7 Å². The highest BCUT2D eigenvalue weighted by Crippen LogP contribution is 2.19. The predicted octanol–water partition coefficient (Wildman–Crippen LogP) is 3.50. The van der Waals surface area contributed by atoms with Crippen molar-refractivity contribution in [2.45, 2.75) is 12.8 Å². The van der Waals surface area contributed by atoms with E-state index in [-0.39, 0.29) is 30.3 Å². The molecule has 20 heavy (non-hydrogen) atoms. The summed E-state index contributed by atoms with van der Waals surface area (Å²) in [6.45, 7) is -0.189. The average Bonchev–Trinajstić information content (AvgIpc) is 2.44. The Bertz CT molecular complexity index is 546. The summed E-state index contributed by atoms with van der Waals surface area (Å²) in [5.41, 5.74) is 0.802. The molecule has 0 radical (unpaired) electrons. The normalized spacial score (nSPS) is 12.4. The van der Waals surface area contributed by atoms with Crippen LogP contribution in [0.3, 0.4) is 0 Å². The number of halogens is 3. The largest absolute Gasteiger partial charge is 0.396 e. The molecule has 1 N–H and O–H groups in total. The Hall–Kier alpha value is -1.81. The number of aliphatic hydroxyl groups is 1. The summed E-state index contributed by atoms with van der Waals surface area (Å²) in [5, 5.41) is 9.37. The van der Waals surface area contributed by atoms with Crippen molar-refractivity contribution < 1.29 is 18.3 Å². The molecule has 0 aliphatic heterocycles. The molecular weight excluding hydrogens is 265 g/mol. The summed E-state index contributed by atoms with van der Waals surface area (Å²) in [4.78, 5) is 0. The Balaban J connectivity index is 2.11. The van der Waals surface area contributed by atoms with E-state index >= 15 is 0 Å². The molecule has 2 aromatic rings. The Kier molecular flexibility index (Phi) is 4.79. The van der Waals surface area contributed by atoms with Crippen LogP contribution >= 0.6 is 0 Å². The van der Waals surface area contributed by atoms with Crippen molar-refractivity contribution in [1.82, 2.24) is 0 Å². The first-order chi connectivity index (χ1) is 9.60. The quantitative estimate of drug-likeness (QED) is 0.888. The van der Waals surface area contributed by atoms with Gasteiger partial charge in [0, 0.05) is 12.2 Å². The lowest BCUT2D eigenvalue weighted by Crippen LogP contribution is -2.15. The highest BCUT2D eigenvalue weighted by atomic mass is 19.1. The van der Waals surface area contributed by atoms with E-state index in [1.165, 1.54) is 30.3 Å². The van der Waals surface area contributed by atoms with Crippen LogP contribution in [0.1, 0.15) is 11.1 Å². The van der Waals surface area contributed by atoms with Gasteiger partial charge in [0.25, 0.3) is 0 Å². The van der Waals surface area contributed by atoms with Gasteiger partial charge in [-0.25, -0.2) is 13.2 Å². The molecule has 106 valence electrons. The molecule has 0 bridgehead atoms. The molecule has 4 heteroatoms. The van der Waals surface area contributed by atoms with Crippen molar-refractivity contribution in [2.75, 3.05) is 6.61 Å². The lowest BCUT2D eigenvalue weighted by molar-refractivity contribution is 0.223. The fourth-order valence-corrected chi connectivity index (χ4v) is 2.17. The van der Waals surface area contributed by atoms with E-state index in [4.69, 9.17) is 0 Å². The van der Waals surface area contributed by atoms with E-state index in [9.17, 15) is 18.3 Å². The van der Waals surface area contributed by atoms with Crippen molar-refractivity contribution in [2.24, 2.45) is 5.92 Å². The lowest BCUT2D eigenvalue weighted by atomic mass is 9.93. The van der Waals surface area contributed by atoms with Crippen LogP contribution in [0, 0.1) is 23.4 Å². The van der Waals surface area contributed by atoms with Gasteiger partial charge in [-0.2, -0.15) is 0 Å². The summed E-state index contributed by atoms with van der Waals surface area (Å²) < 4.78 is 39.9. The maximum atomic E-state index is 13.6. The van der Waals surface area contributed by atoms with Crippen LogP contribution < -0.4 is 0 Å². The van der Waals surface area contributed by atoms with E-state index in [1.807, 2.05) is 0 Å². The molecule has 0 aliphatic carbocycles. The molecule has 0 spiro atoms. The number of rotatable bonds is 5. The zero-order valence-corrected chi connectivity index (χ0v) is 10.8. The van der Waals surface area contributed by atoms with Crippen LogP contribution in [-0.2, 0) is 12.8 Å². The van der Waals surface area contributed by atoms with E-state index in [2.05, 4.69) is 0 Å². The molecule has 2 rings (SSSR count). The van der Waals surface area contributed by atoms with E-state index in [0.29, 0.717) is 6.42 Å². The SMILES string of the molecule is OCC(Cc1ccc(F)cc1)Cc1c(F)cccc1F. The van der Waals surface area contributed by atoms with Crippen molar-refractivity contribution in [1.29, 1.82) is 0 Å². The van der Waals surface area contributed by atoms with Gasteiger partial charge < -0.3 is 5.11 Å². The molecule has 1 atom stereocenters. The minimum atomic E-state index is -0.609. The maximum absolute atomic E-state index is 13.6. The highest BCUT2D eigenvalue weighted by molar-refractivity contribution is 5.22. The van der Waals surface area contributed by atoms with Crippen LogP contribution in [0.4, 0.5) is 13.2 Å². The number of aliphatic hydroxyl groups excluding tert-OH is 1. The Morgan fingerprint density at radius 3 is 2.00 bits per heavy atom. The Morgan fingerprint density at radius 2 is 1.45 bits per heavy atom. The summed E-state index contributed by atoms with van der Waals surface area (Å²) in [5.74, 6) is -1.87. The molecule has 0 aliphatic rings. The average molecular weight is 280 g/mol. The summed E-state index contributed by atoms with van der Waals surface area (Å²) in [6, 6.07) is 9.57. The van der Waals surface area contributed by atoms with Gasteiger partial charge in [-0.15, -0.1) is 0 Å². The van der Waals surface area contributed by atoms with Gasteiger partial charge in [-0.1, -0.05) is 18.2 Å². The van der Waals surface area contributed by atoms with Crippen LogP contribution in [0.2, 0.25) is 0 Å². The molecule has 0 saturated carbocycles. The summed E-state index contributed by atoms with van der Waals surface area (Å²) >= 11 is 0. The molecule has 0 amide bonds. The monoisotopic (exact) mass is 280 g/mol. The summed E-state index contributed by atoms with van der Waals surface area (Å²) in [6.07, 6.45) is 0.539. The minimum absolute atomic E-state index is 0.0198. The standard InChI is InChI=1S/C16H15F3O/c17-13-6-4-11(5-7-13)8-12(10-20)9-14-15(18)2-1-3-16(14)19/h1-7,12,20H,8-10H2. The van der Waals surface area contributed by atoms with Crippen molar-refractivity contribution in [3.63, 3.8) is 0 Å². The summed E-state index contributed by atoms with van der Waals surface area (Å²) in [7, 11) is 0. The topological polar surface area (TPSA) is 20.2 Å². The van der Waals surface area contributed by atoms with Crippen LogP contribution in [0.5, 0.6) is 0 Å². The van der Waals surface area contributed by atoms with Crippen molar-refractivity contribution in [3.05, 3.63) is 71.0 Å². The predicted molar refractivity (Wildman–Crippen MR) is 70.7 cm³/mol. The molecule has 2 aromatic carbocycles. The second-order valence-corrected chi connectivity index (χ2v) is 4.78. The Morgan fingerprint density at radius 1 is 0.850 bits per heavy atom. The van der Waals surface area contributed by atoms with E-state index < -0.39 is 11.6 Å². The lowest BCUT2D eigenvalue weighted by Gasteiger charge is -2.15. The number of hydrogen-bond donors (Lipinski definition) is 1. The molecule has 0 fully saturated rings. The number of hydrogen-bond acceptors (Lipinski definition) is 1. The fraction of sp³-hybridized carbons (Fsp3) is 0.250. The second kappa shape index (κ2) is 6.57. The molecule has 1 unspecified atom stereocenters. The van der Waals surface area contributed by atoms with Gasteiger partial charge in [0.2, 0.25) is 0 Å². The van der Waals surface area contributed by atoms with Crippen molar-refractivity contribution >= 4 is 0 Å². The van der Waals surface area contributed by atoms with Crippen LogP contribution in [0.15, 0.2) is 42.5 Å². The number of benzene rings is 2. The first-order valence-electron chi connectivity index (χ1n) is 6.38.